The molecule has 2 heterocycles. The molecule has 14 heavy (non-hydrogen) atoms. The van der Waals surface area contributed by atoms with Crippen LogP contribution in [0.15, 0.2) is 0 Å². The molecule has 0 saturated carbocycles. The number of nitrogens with zero attached hydrogens (tertiary/aromatic N) is 1. The van der Waals surface area contributed by atoms with Gasteiger partial charge < -0.3 is 14.4 Å². The maximum atomic E-state index is 11.4. The Morgan fingerprint density at radius 2 is 2.29 bits per heavy atom. The van der Waals surface area contributed by atoms with Gasteiger partial charge in [0.25, 0.3) is 0 Å². The summed E-state index contributed by atoms with van der Waals surface area (Å²) < 4.78 is 9.79. The summed E-state index contributed by atoms with van der Waals surface area (Å²) in [6.45, 7) is 0. The summed E-state index contributed by atoms with van der Waals surface area (Å²) in [5, 5.41) is 0.0940. The predicted molar refractivity (Wildman–Crippen MR) is 49.4 cm³/mol. The Morgan fingerprint density at radius 1 is 1.57 bits per heavy atom. The number of methoxy groups -OCH3 is 2. The van der Waals surface area contributed by atoms with Crippen LogP contribution in [0, 0.1) is 0 Å². The van der Waals surface area contributed by atoms with Crippen molar-refractivity contribution in [1.29, 1.82) is 0 Å². The van der Waals surface area contributed by atoms with Crippen LogP contribution in [0.2, 0.25) is 0 Å². The van der Waals surface area contributed by atoms with Crippen LogP contribution in [0.5, 0.6) is 0 Å². The Balaban J connectivity index is 2.17. The third-order valence-corrected chi connectivity index (χ3v) is 3.90. The van der Waals surface area contributed by atoms with Gasteiger partial charge in [-0.15, -0.1) is 11.8 Å². The van der Waals surface area contributed by atoms with Crippen molar-refractivity contribution in [3.8, 4) is 0 Å². The lowest BCUT2D eigenvalue weighted by atomic mass is 10.1. The number of carbonyl (C=O) groups is 2. The molecule has 3 atom stereocenters. The van der Waals surface area contributed by atoms with Gasteiger partial charge in [-0.05, 0) is 0 Å². The molecular formula is C8H11NO4S. The number of β-lactam (4-membered cyclic amide) rings is 1. The first-order chi connectivity index (χ1) is 6.69. The molecule has 0 aromatic rings. The molecule has 2 aliphatic rings. The van der Waals surface area contributed by atoms with Gasteiger partial charge in [0, 0.05) is 7.11 Å². The molecule has 3 unspecified atom stereocenters. The van der Waals surface area contributed by atoms with Crippen molar-refractivity contribution in [2.24, 2.45) is 0 Å². The lowest BCUT2D eigenvalue weighted by molar-refractivity contribution is -0.161. The van der Waals surface area contributed by atoms with Crippen molar-refractivity contribution in [2.45, 2.75) is 23.3 Å². The molecule has 0 aromatic carbocycles. The zero-order chi connectivity index (χ0) is 10.3. The molecule has 0 N–H and O–H groups in total. The van der Waals surface area contributed by atoms with E-state index in [9.17, 15) is 9.59 Å². The van der Waals surface area contributed by atoms with E-state index in [2.05, 4.69) is 4.74 Å². The van der Waals surface area contributed by atoms with Crippen LogP contribution >= 0.6 is 11.8 Å². The van der Waals surface area contributed by atoms with Gasteiger partial charge in [0.05, 0.1) is 18.9 Å². The highest BCUT2D eigenvalue weighted by Gasteiger charge is 2.55. The number of thioether (sulfide) groups is 1. The van der Waals surface area contributed by atoms with Crippen molar-refractivity contribution in [1.82, 2.24) is 4.90 Å². The molecule has 2 fully saturated rings. The molecule has 1 amide bonds. The Labute approximate surface area is 85.7 Å². The highest BCUT2D eigenvalue weighted by Crippen LogP contribution is 2.44. The first-order valence-corrected chi connectivity index (χ1v) is 5.20. The van der Waals surface area contributed by atoms with E-state index in [1.807, 2.05) is 0 Å². The monoisotopic (exact) mass is 217 g/mol. The van der Waals surface area contributed by atoms with Crippen LogP contribution in [0.1, 0.15) is 6.42 Å². The molecule has 0 aromatic heterocycles. The summed E-state index contributed by atoms with van der Waals surface area (Å²) in [4.78, 5) is 24.2. The van der Waals surface area contributed by atoms with Crippen molar-refractivity contribution in [3.05, 3.63) is 0 Å². The molecule has 0 spiro atoms. The molecule has 0 radical (unpaired) electrons. The van der Waals surface area contributed by atoms with Gasteiger partial charge in [0.2, 0.25) is 5.91 Å². The van der Waals surface area contributed by atoms with Crippen LogP contribution < -0.4 is 0 Å². The third-order valence-electron chi connectivity index (χ3n) is 2.47. The number of carbonyl (C=O) groups excluding carboxylic acids is 2. The van der Waals surface area contributed by atoms with Crippen molar-refractivity contribution >= 4 is 23.6 Å². The van der Waals surface area contributed by atoms with Crippen LogP contribution in [0.25, 0.3) is 0 Å². The van der Waals surface area contributed by atoms with E-state index >= 15 is 0 Å². The number of hydrogen-bond acceptors (Lipinski definition) is 5. The predicted octanol–water partition coefficient (Wildman–Crippen LogP) is -0.194. The molecule has 5 nitrogen and oxygen atoms in total. The average molecular weight is 217 g/mol. The highest BCUT2D eigenvalue weighted by molar-refractivity contribution is 8.00. The van der Waals surface area contributed by atoms with Crippen LogP contribution in [-0.2, 0) is 19.1 Å². The Kier molecular flexibility index (Phi) is 2.40. The maximum Gasteiger partial charge on any atom is 0.332 e. The molecule has 2 saturated heterocycles. The highest BCUT2D eigenvalue weighted by atomic mass is 32.2. The second kappa shape index (κ2) is 3.43. The average Bonchev–Trinajstić information content (AvgIpc) is 2.49. The van der Waals surface area contributed by atoms with E-state index in [0.717, 1.165) is 0 Å². The summed E-state index contributed by atoms with van der Waals surface area (Å²) in [6.07, 6.45) is 0.498. The number of hydrogen-bond donors (Lipinski definition) is 0. The first kappa shape index (κ1) is 9.79. The van der Waals surface area contributed by atoms with Gasteiger partial charge in [0.1, 0.15) is 5.44 Å². The Hall–Kier alpha value is -0.750. The van der Waals surface area contributed by atoms with E-state index in [0.29, 0.717) is 6.42 Å². The maximum absolute atomic E-state index is 11.4. The fourth-order valence-corrected chi connectivity index (χ4v) is 3.17. The normalized spacial score (nSPS) is 35.1. The lowest BCUT2D eigenvalue weighted by Crippen LogP contribution is -2.55. The van der Waals surface area contributed by atoms with Gasteiger partial charge in [0.15, 0.2) is 6.04 Å². The molecular weight excluding hydrogens is 206 g/mol. The van der Waals surface area contributed by atoms with Gasteiger partial charge in [-0.2, -0.15) is 0 Å². The van der Waals surface area contributed by atoms with Crippen molar-refractivity contribution < 1.29 is 19.1 Å². The Morgan fingerprint density at radius 3 is 2.79 bits per heavy atom. The topological polar surface area (TPSA) is 55.8 Å². The fourth-order valence-electron chi connectivity index (χ4n) is 1.74. The van der Waals surface area contributed by atoms with E-state index in [1.54, 1.807) is 4.90 Å². The van der Waals surface area contributed by atoms with Gasteiger partial charge in [-0.1, -0.05) is 0 Å². The summed E-state index contributed by atoms with van der Waals surface area (Å²) in [5.74, 6) is -0.405. The van der Waals surface area contributed by atoms with Crippen LogP contribution in [0.3, 0.4) is 0 Å². The number of fused-ring (bicyclic) bond motifs is 1. The molecule has 78 valence electrons. The van der Waals surface area contributed by atoms with Gasteiger partial charge >= 0.3 is 5.97 Å². The fraction of sp³-hybridized carbons (Fsp3) is 0.750. The third kappa shape index (κ3) is 1.21. The number of ether oxygens (including phenoxy) is 2. The summed E-state index contributed by atoms with van der Waals surface area (Å²) in [7, 11) is 2.85. The SMILES string of the molecule is COC(=O)C1C(OC)SC2CC(=O)N21. The lowest BCUT2D eigenvalue weighted by Gasteiger charge is -2.35. The molecule has 0 aliphatic carbocycles. The minimum absolute atomic E-state index is 0.00236. The van der Waals surface area contributed by atoms with E-state index in [4.69, 9.17) is 4.74 Å². The molecule has 2 aliphatic heterocycles. The van der Waals surface area contributed by atoms with Crippen LogP contribution in [0.4, 0.5) is 0 Å². The summed E-state index contributed by atoms with van der Waals surface area (Å²) >= 11 is 1.50. The molecule has 0 bridgehead atoms. The van der Waals surface area contributed by atoms with E-state index in [1.165, 1.54) is 26.0 Å². The Bertz CT molecular complexity index is 283. The second-order valence-corrected chi connectivity index (χ2v) is 4.45. The largest absolute Gasteiger partial charge is 0.467 e. The van der Waals surface area contributed by atoms with Gasteiger partial charge in [-0.3, -0.25) is 4.79 Å². The second-order valence-electron chi connectivity index (χ2n) is 3.17. The van der Waals surface area contributed by atoms with E-state index in [-0.39, 0.29) is 16.7 Å². The van der Waals surface area contributed by atoms with Crippen molar-refractivity contribution in [3.63, 3.8) is 0 Å². The summed E-state index contributed by atoms with van der Waals surface area (Å²) in [6, 6.07) is -0.568. The standard InChI is InChI=1S/C8H11NO4S/c1-12-7(11)6-8(13-2)14-5-3-4(10)9(5)6/h5-6,8H,3H2,1-2H3. The van der Waals surface area contributed by atoms with Gasteiger partial charge in [-0.25, -0.2) is 4.79 Å². The first-order valence-electron chi connectivity index (χ1n) is 4.26. The summed E-state index contributed by atoms with van der Waals surface area (Å²) in [5.41, 5.74) is -0.293. The molecule has 6 heteroatoms. The zero-order valence-electron chi connectivity index (χ0n) is 7.93. The smallest absolute Gasteiger partial charge is 0.332 e. The minimum atomic E-state index is -0.568. The number of amides is 1. The van der Waals surface area contributed by atoms with Crippen molar-refractivity contribution in [2.75, 3.05) is 14.2 Å². The number of esters is 1. The zero-order valence-corrected chi connectivity index (χ0v) is 8.74. The van der Waals surface area contributed by atoms with E-state index < -0.39 is 12.0 Å². The quantitative estimate of drug-likeness (QED) is 0.474. The van der Waals surface area contributed by atoms with Crippen LogP contribution in [-0.4, -0.2) is 47.8 Å². The minimum Gasteiger partial charge on any atom is -0.467 e. The molecule has 2 rings (SSSR count). The number of rotatable bonds is 2.